The quantitative estimate of drug-likeness (QED) is 0.687. The summed E-state index contributed by atoms with van der Waals surface area (Å²) in [4.78, 5) is 0. The maximum absolute atomic E-state index is 9.24. The number of aliphatic hydroxyl groups is 1. The first-order valence-corrected chi connectivity index (χ1v) is 6.38. The molecule has 0 heterocycles. The molecule has 0 saturated heterocycles. The van der Waals surface area contributed by atoms with E-state index in [1.165, 1.54) is 0 Å². The maximum Gasteiger partial charge on any atom is 0.128 e. The molecular weight excluding hydrogens is 232 g/mol. The lowest BCUT2D eigenvalue weighted by Crippen LogP contribution is -2.08. The van der Waals surface area contributed by atoms with Crippen LogP contribution in [-0.4, -0.2) is 31.5 Å². The molecule has 18 heavy (non-hydrogen) atoms. The molecule has 102 valence electrons. The van der Waals surface area contributed by atoms with Crippen molar-refractivity contribution in [3.8, 4) is 11.5 Å². The fourth-order valence-corrected chi connectivity index (χ4v) is 1.46. The smallest absolute Gasteiger partial charge is 0.128 e. The minimum Gasteiger partial charge on any atom is -0.493 e. The Hall–Kier alpha value is -1.26. The minimum atomic E-state index is -0.0436. The molecule has 0 aliphatic heterocycles. The number of benzene rings is 1. The van der Waals surface area contributed by atoms with Crippen LogP contribution < -0.4 is 9.47 Å². The number of aliphatic hydroxyl groups excluding tert-OH is 1. The Morgan fingerprint density at radius 1 is 1.06 bits per heavy atom. The molecule has 0 saturated carbocycles. The van der Waals surface area contributed by atoms with Gasteiger partial charge in [-0.1, -0.05) is 6.92 Å². The minimum absolute atomic E-state index is 0.0436. The van der Waals surface area contributed by atoms with Crippen LogP contribution in [-0.2, 0) is 11.3 Å². The lowest BCUT2D eigenvalue weighted by Gasteiger charge is -2.12. The zero-order chi connectivity index (χ0) is 13.2. The first-order chi connectivity index (χ1) is 8.81. The summed E-state index contributed by atoms with van der Waals surface area (Å²) < 4.78 is 16.3. The van der Waals surface area contributed by atoms with E-state index in [-0.39, 0.29) is 6.61 Å². The van der Waals surface area contributed by atoms with Crippen molar-refractivity contribution in [1.29, 1.82) is 0 Å². The Bertz CT molecular complexity index is 339. The molecule has 4 heteroatoms. The summed E-state index contributed by atoms with van der Waals surface area (Å²) in [5, 5.41) is 9.24. The molecule has 0 unspecified atom stereocenters. The van der Waals surface area contributed by atoms with Gasteiger partial charge in [-0.3, -0.25) is 0 Å². The Morgan fingerprint density at radius 3 is 2.56 bits per heavy atom. The topological polar surface area (TPSA) is 47.9 Å². The number of ether oxygens (including phenoxy) is 3. The summed E-state index contributed by atoms with van der Waals surface area (Å²) in [6, 6.07) is 5.48. The van der Waals surface area contributed by atoms with Crippen LogP contribution in [0.3, 0.4) is 0 Å². The third-order valence-corrected chi connectivity index (χ3v) is 2.37. The van der Waals surface area contributed by atoms with Crippen LogP contribution in [0.1, 0.15) is 25.8 Å². The van der Waals surface area contributed by atoms with Gasteiger partial charge in [0.1, 0.15) is 18.1 Å². The van der Waals surface area contributed by atoms with E-state index in [1.807, 2.05) is 25.1 Å². The number of hydrogen-bond donors (Lipinski definition) is 1. The van der Waals surface area contributed by atoms with Gasteiger partial charge in [-0.25, -0.2) is 0 Å². The molecule has 0 fully saturated rings. The third-order valence-electron chi connectivity index (χ3n) is 2.37. The molecule has 0 amide bonds. The first kappa shape index (κ1) is 14.8. The molecule has 0 aliphatic rings. The summed E-state index contributed by atoms with van der Waals surface area (Å²) >= 11 is 0. The van der Waals surface area contributed by atoms with E-state index in [0.29, 0.717) is 32.2 Å². The van der Waals surface area contributed by atoms with Gasteiger partial charge in [-0.15, -0.1) is 0 Å². The molecule has 4 nitrogen and oxygen atoms in total. The van der Waals surface area contributed by atoms with E-state index in [9.17, 15) is 5.11 Å². The summed E-state index contributed by atoms with van der Waals surface area (Å²) in [7, 11) is 0. The number of hydrogen-bond acceptors (Lipinski definition) is 4. The zero-order valence-electron chi connectivity index (χ0n) is 11.1. The Labute approximate surface area is 108 Å². The molecule has 0 aliphatic carbocycles. The van der Waals surface area contributed by atoms with Gasteiger partial charge in [0.2, 0.25) is 0 Å². The second kappa shape index (κ2) is 8.78. The summed E-state index contributed by atoms with van der Waals surface area (Å²) in [6.45, 7) is 6.32. The molecule has 1 rings (SSSR count). The Morgan fingerprint density at radius 2 is 1.89 bits per heavy atom. The molecule has 0 bridgehead atoms. The van der Waals surface area contributed by atoms with Crippen LogP contribution in [0.2, 0.25) is 0 Å². The third kappa shape index (κ3) is 4.94. The van der Waals surface area contributed by atoms with Gasteiger partial charge < -0.3 is 19.3 Å². The lowest BCUT2D eigenvalue weighted by molar-refractivity contribution is 0.109. The van der Waals surface area contributed by atoms with Crippen molar-refractivity contribution >= 4 is 0 Å². The highest BCUT2D eigenvalue weighted by Gasteiger charge is 2.05. The van der Waals surface area contributed by atoms with E-state index in [0.717, 1.165) is 17.7 Å². The molecule has 1 N–H and O–H groups in total. The van der Waals surface area contributed by atoms with Crippen molar-refractivity contribution in [1.82, 2.24) is 0 Å². The monoisotopic (exact) mass is 254 g/mol. The van der Waals surface area contributed by atoms with Crippen LogP contribution in [0.5, 0.6) is 11.5 Å². The normalized spacial score (nSPS) is 10.4. The highest BCUT2D eigenvalue weighted by molar-refractivity contribution is 5.40. The van der Waals surface area contributed by atoms with Crippen molar-refractivity contribution in [2.75, 3.05) is 26.4 Å². The summed E-state index contributed by atoms with van der Waals surface area (Å²) in [5.74, 6) is 1.42. The Kier molecular flexibility index (Phi) is 7.22. The van der Waals surface area contributed by atoms with E-state index >= 15 is 0 Å². The van der Waals surface area contributed by atoms with Gasteiger partial charge in [0, 0.05) is 18.2 Å². The lowest BCUT2D eigenvalue weighted by atomic mass is 10.2. The van der Waals surface area contributed by atoms with Gasteiger partial charge >= 0.3 is 0 Å². The second-order valence-corrected chi connectivity index (χ2v) is 3.82. The van der Waals surface area contributed by atoms with Gasteiger partial charge in [0.05, 0.1) is 19.8 Å². The first-order valence-electron chi connectivity index (χ1n) is 6.38. The standard InChI is InChI=1S/C14H22O4/c1-3-7-17-13-6-5-12(11-15)14(10-13)18-9-8-16-4-2/h5-6,10,15H,3-4,7-9,11H2,1-2H3. The van der Waals surface area contributed by atoms with Gasteiger partial charge in [-0.2, -0.15) is 0 Å². The van der Waals surface area contributed by atoms with Crippen molar-refractivity contribution in [2.45, 2.75) is 26.9 Å². The van der Waals surface area contributed by atoms with Crippen LogP contribution in [0.15, 0.2) is 18.2 Å². The fourth-order valence-electron chi connectivity index (χ4n) is 1.46. The van der Waals surface area contributed by atoms with Crippen molar-refractivity contribution in [3.63, 3.8) is 0 Å². The molecule has 0 radical (unpaired) electrons. The maximum atomic E-state index is 9.24. The van der Waals surface area contributed by atoms with E-state index in [4.69, 9.17) is 14.2 Å². The highest BCUT2D eigenvalue weighted by atomic mass is 16.5. The van der Waals surface area contributed by atoms with E-state index < -0.39 is 0 Å². The molecule has 1 aromatic carbocycles. The summed E-state index contributed by atoms with van der Waals surface area (Å²) in [5.41, 5.74) is 0.760. The molecule has 1 aromatic rings. The Balaban J connectivity index is 2.60. The highest BCUT2D eigenvalue weighted by Crippen LogP contribution is 2.25. The molecule has 0 aromatic heterocycles. The average Bonchev–Trinajstić information content (AvgIpc) is 2.41. The van der Waals surface area contributed by atoms with Crippen LogP contribution in [0.25, 0.3) is 0 Å². The SMILES string of the molecule is CCCOc1ccc(CO)c(OCCOCC)c1. The second-order valence-electron chi connectivity index (χ2n) is 3.82. The zero-order valence-corrected chi connectivity index (χ0v) is 11.1. The van der Waals surface area contributed by atoms with Crippen LogP contribution in [0.4, 0.5) is 0 Å². The molecule has 0 atom stereocenters. The fraction of sp³-hybridized carbons (Fsp3) is 0.571. The molecular formula is C14H22O4. The average molecular weight is 254 g/mol. The van der Waals surface area contributed by atoms with Crippen LogP contribution in [0, 0.1) is 0 Å². The van der Waals surface area contributed by atoms with Gasteiger partial charge in [-0.05, 0) is 25.5 Å². The van der Waals surface area contributed by atoms with Crippen molar-refractivity contribution in [2.24, 2.45) is 0 Å². The van der Waals surface area contributed by atoms with Crippen LogP contribution >= 0.6 is 0 Å². The van der Waals surface area contributed by atoms with Crippen molar-refractivity contribution in [3.05, 3.63) is 23.8 Å². The van der Waals surface area contributed by atoms with Gasteiger partial charge in [0.15, 0.2) is 0 Å². The molecule has 0 spiro atoms. The van der Waals surface area contributed by atoms with Gasteiger partial charge in [0.25, 0.3) is 0 Å². The number of rotatable bonds is 9. The van der Waals surface area contributed by atoms with Crippen molar-refractivity contribution < 1.29 is 19.3 Å². The van der Waals surface area contributed by atoms with E-state index in [1.54, 1.807) is 0 Å². The van der Waals surface area contributed by atoms with E-state index in [2.05, 4.69) is 6.92 Å². The predicted octanol–water partition coefficient (Wildman–Crippen LogP) is 2.38. The largest absolute Gasteiger partial charge is 0.493 e. The predicted molar refractivity (Wildman–Crippen MR) is 70.1 cm³/mol. The summed E-state index contributed by atoms with van der Waals surface area (Å²) in [6.07, 6.45) is 0.961.